The topological polar surface area (TPSA) is 86.0 Å². The molecule has 86 valence electrons. The molecule has 0 bridgehead atoms. The largest absolute Gasteiger partial charge is 0.346 e. The van der Waals surface area contributed by atoms with E-state index in [9.17, 15) is 14.4 Å². The lowest BCUT2D eigenvalue weighted by Crippen LogP contribution is -2.44. The third-order valence-electron chi connectivity index (χ3n) is 2.73. The highest BCUT2D eigenvalue weighted by Crippen LogP contribution is 2.15. The molecule has 2 amide bonds. The molecule has 1 unspecified atom stereocenters. The highest BCUT2D eigenvalue weighted by atomic mass is 16.2. The zero-order chi connectivity index (χ0) is 11.9. The van der Waals surface area contributed by atoms with Crippen LogP contribution in [-0.4, -0.2) is 26.2 Å². The van der Waals surface area contributed by atoms with Crippen LogP contribution in [0.25, 0.3) is 0 Å². The number of aromatic nitrogens is 3. The summed E-state index contributed by atoms with van der Waals surface area (Å²) in [5, 5.41) is 6.20. The summed E-state index contributed by atoms with van der Waals surface area (Å²) < 4.78 is 2.50. The van der Waals surface area contributed by atoms with Crippen LogP contribution in [0.2, 0.25) is 0 Å². The molecule has 0 saturated carbocycles. The van der Waals surface area contributed by atoms with Crippen molar-refractivity contribution in [3.8, 4) is 0 Å². The second-order valence-electron chi connectivity index (χ2n) is 3.80. The van der Waals surface area contributed by atoms with Crippen molar-refractivity contribution >= 4 is 11.8 Å². The SMILES string of the molecule is Cc1nn(C2CCC(=O)NC2=O)c(=O)n1C. The van der Waals surface area contributed by atoms with Crippen LogP contribution < -0.4 is 11.0 Å². The van der Waals surface area contributed by atoms with Gasteiger partial charge in [0.05, 0.1) is 0 Å². The smallest absolute Gasteiger partial charge is 0.295 e. The van der Waals surface area contributed by atoms with E-state index >= 15 is 0 Å². The molecule has 1 fully saturated rings. The molecule has 0 aliphatic carbocycles. The molecule has 7 heteroatoms. The minimum Gasteiger partial charge on any atom is -0.295 e. The predicted octanol–water partition coefficient (Wildman–Crippen LogP) is -1.13. The van der Waals surface area contributed by atoms with Gasteiger partial charge in [-0.1, -0.05) is 0 Å². The maximum Gasteiger partial charge on any atom is 0.346 e. The van der Waals surface area contributed by atoms with Crippen LogP contribution in [0.15, 0.2) is 4.79 Å². The number of carbonyl (C=O) groups is 2. The molecule has 16 heavy (non-hydrogen) atoms. The van der Waals surface area contributed by atoms with Crippen LogP contribution in [0.4, 0.5) is 0 Å². The van der Waals surface area contributed by atoms with E-state index in [1.54, 1.807) is 14.0 Å². The Hall–Kier alpha value is -1.92. The number of piperidine rings is 1. The van der Waals surface area contributed by atoms with E-state index in [-0.39, 0.29) is 18.0 Å². The van der Waals surface area contributed by atoms with Crippen molar-refractivity contribution in [1.82, 2.24) is 19.7 Å². The predicted molar refractivity (Wildman–Crippen MR) is 53.6 cm³/mol. The van der Waals surface area contributed by atoms with Crippen LogP contribution in [0.3, 0.4) is 0 Å². The molecule has 0 radical (unpaired) electrons. The first-order valence-corrected chi connectivity index (χ1v) is 4.96. The van der Waals surface area contributed by atoms with Crippen molar-refractivity contribution in [3.63, 3.8) is 0 Å². The molecule has 7 nitrogen and oxygen atoms in total. The summed E-state index contributed by atoms with van der Waals surface area (Å²) in [6.45, 7) is 1.68. The standard InChI is InChI=1S/C9H12N4O3/c1-5-11-13(9(16)12(5)2)6-3-4-7(14)10-8(6)15/h6H,3-4H2,1-2H3,(H,10,14,15). The summed E-state index contributed by atoms with van der Waals surface area (Å²) in [5.41, 5.74) is -0.341. The van der Waals surface area contributed by atoms with E-state index in [0.717, 1.165) is 4.68 Å². The first kappa shape index (κ1) is 10.6. The van der Waals surface area contributed by atoms with Gasteiger partial charge >= 0.3 is 5.69 Å². The molecule has 1 aliphatic heterocycles. The number of hydrogen-bond donors (Lipinski definition) is 1. The lowest BCUT2D eigenvalue weighted by Gasteiger charge is -2.19. The molecule has 0 aromatic carbocycles. The summed E-state index contributed by atoms with van der Waals surface area (Å²) >= 11 is 0. The van der Waals surface area contributed by atoms with E-state index in [0.29, 0.717) is 12.2 Å². The second kappa shape index (κ2) is 3.58. The lowest BCUT2D eigenvalue weighted by molar-refractivity contribution is -0.136. The summed E-state index contributed by atoms with van der Waals surface area (Å²) in [7, 11) is 1.59. The Morgan fingerprint density at radius 2 is 2.06 bits per heavy atom. The van der Waals surface area contributed by atoms with Gasteiger partial charge in [-0.3, -0.25) is 19.5 Å². The second-order valence-corrected chi connectivity index (χ2v) is 3.80. The minimum absolute atomic E-state index is 0.235. The van der Waals surface area contributed by atoms with Gasteiger partial charge < -0.3 is 0 Å². The van der Waals surface area contributed by atoms with Crippen LogP contribution in [0.1, 0.15) is 24.7 Å². The number of nitrogens with one attached hydrogen (secondary N) is 1. The number of aryl methyl sites for hydroxylation is 1. The van der Waals surface area contributed by atoms with Crippen molar-refractivity contribution in [3.05, 3.63) is 16.3 Å². The fourth-order valence-electron chi connectivity index (χ4n) is 1.68. The van der Waals surface area contributed by atoms with Crippen LogP contribution >= 0.6 is 0 Å². The molecule has 1 aliphatic rings. The Morgan fingerprint density at radius 1 is 1.38 bits per heavy atom. The van der Waals surface area contributed by atoms with Crippen molar-refractivity contribution in [1.29, 1.82) is 0 Å². The van der Waals surface area contributed by atoms with Crippen molar-refractivity contribution < 1.29 is 9.59 Å². The molecule has 0 spiro atoms. The fourth-order valence-corrected chi connectivity index (χ4v) is 1.68. The maximum atomic E-state index is 11.7. The molecule has 1 aromatic heterocycles. The van der Waals surface area contributed by atoms with E-state index in [2.05, 4.69) is 10.4 Å². The van der Waals surface area contributed by atoms with Gasteiger partial charge in [-0.05, 0) is 13.3 Å². The molecular weight excluding hydrogens is 212 g/mol. The molecule has 2 rings (SSSR count). The van der Waals surface area contributed by atoms with E-state index in [1.165, 1.54) is 4.57 Å². The van der Waals surface area contributed by atoms with E-state index < -0.39 is 11.9 Å². The molecule has 1 atom stereocenters. The van der Waals surface area contributed by atoms with Gasteiger partial charge in [0.15, 0.2) is 0 Å². The van der Waals surface area contributed by atoms with Crippen molar-refractivity contribution in [2.24, 2.45) is 7.05 Å². The number of amides is 2. The Morgan fingerprint density at radius 3 is 2.56 bits per heavy atom. The minimum atomic E-state index is -0.676. The Labute approximate surface area is 91.1 Å². The Kier molecular flexibility index (Phi) is 2.37. The summed E-state index contributed by atoms with van der Waals surface area (Å²) in [6.07, 6.45) is 0.555. The van der Waals surface area contributed by atoms with Gasteiger partial charge in [-0.25, -0.2) is 9.48 Å². The van der Waals surface area contributed by atoms with Gasteiger partial charge in [0.25, 0.3) is 5.91 Å². The first-order valence-electron chi connectivity index (χ1n) is 4.96. The van der Waals surface area contributed by atoms with Gasteiger partial charge in [0.1, 0.15) is 11.9 Å². The normalized spacial score (nSPS) is 21.0. The lowest BCUT2D eigenvalue weighted by atomic mass is 10.1. The van der Waals surface area contributed by atoms with Crippen molar-refractivity contribution in [2.75, 3.05) is 0 Å². The first-order chi connectivity index (χ1) is 7.50. The molecule has 1 aromatic rings. The molecule has 2 heterocycles. The molecular formula is C9H12N4O3. The quantitative estimate of drug-likeness (QED) is 0.611. The summed E-state index contributed by atoms with van der Waals surface area (Å²) in [5.74, 6) is -0.229. The van der Waals surface area contributed by atoms with Crippen LogP contribution in [-0.2, 0) is 16.6 Å². The third-order valence-corrected chi connectivity index (χ3v) is 2.73. The monoisotopic (exact) mass is 224 g/mol. The molecule has 1 saturated heterocycles. The van der Waals surface area contributed by atoms with E-state index in [1.807, 2.05) is 0 Å². The fraction of sp³-hybridized carbons (Fsp3) is 0.556. The number of imide groups is 1. The average Bonchev–Trinajstić information content (AvgIpc) is 2.46. The van der Waals surface area contributed by atoms with Gasteiger partial charge in [-0.2, -0.15) is 5.10 Å². The van der Waals surface area contributed by atoms with Gasteiger partial charge in [0, 0.05) is 13.5 Å². The highest BCUT2D eigenvalue weighted by Gasteiger charge is 2.30. The maximum absolute atomic E-state index is 11.7. The van der Waals surface area contributed by atoms with Crippen LogP contribution in [0, 0.1) is 6.92 Å². The van der Waals surface area contributed by atoms with Gasteiger partial charge in [0.2, 0.25) is 5.91 Å². The Balaban J connectivity index is 2.38. The summed E-state index contributed by atoms with van der Waals surface area (Å²) in [6, 6.07) is -0.676. The number of carbonyl (C=O) groups excluding carboxylic acids is 2. The molecule has 1 N–H and O–H groups in total. The van der Waals surface area contributed by atoms with E-state index in [4.69, 9.17) is 0 Å². The number of hydrogen-bond acceptors (Lipinski definition) is 4. The van der Waals surface area contributed by atoms with Crippen molar-refractivity contribution in [2.45, 2.75) is 25.8 Å². The summed E-state index contributed by atoms with van der Waals surface area (Å²) in [4.78, 5) is 34.2. The third kappa shape index (κ3) is 1.54. The number of nitrogens with zero attached hydrogens (tertiary/aromatic N) is 3. The Bertz CT molecular complexity index is 513. The zero-order valence-electron chi connectivity index (χ0n) is 9.06. The van der Waals surface area contributed by atoms with Crippen LogP contribution in [0.5, 0.6) is 0 Å². The van der Waals surface area contributed by atoms with Gasteiger partial charge in [-0.15, -0.1) is 0 Å². The zero-order valence-corrected chi connectivity index (χ0v) is 9.06. The number of rotatable bonds is 1. The average molecular weight is 224 g/mol. The highest BCUT2D eigenvalue weighted by molar-refractivity contribution is 5.99.